The van der Waals surface area contributed by atoms with E-state index in [2.05, 4.69) is 9.97 Å². The zero-order valence-electron chi connectivity index (χ0n) is 11.1. The van der Waals surface area contributed by atoms with Gasteiger partial charge in [-0.15, -0.1) is 0 Å². The van der Waals surface area contributed by atoms with Gasteiger partial charge in [0.1, 0.15) is 11.8 Å². The number of fused-ring (bicyclic) bond motifs is 1. The lowest BCUT2D eigenvalue weighted by molar-refractivity contribution is 0.0697. The highest BCUT2D eigenvalue weighted by molar-refractivity contribution is 5.93. The van der Waals surface area contributed by atoms with Gasteiger partial charge in [0.15, 0.2) is 5.82 Å². The number of imidazole rings is 1. The van der Waals surface area contributed by atoms with Gasteiger partial charge in [0.25, 0.3) is 0 Å². The summed E-state index contributed by atoms with van der Waals surface area (Å²) in [6.07, 6.45) is 1.48. The lowest BCUT2D eigenvalue weighted by Gasteiger charge is -2.01. The molecule has 3 aromatic rings. The molecule has 0 aliphatic heterocycles. The molecule has 0 bridgehead atoms. The van der Waals surface area contributed by atoms with Gasteiger partial charge in [0.05, 0.1) is 22.2 Å². The average molecular weight is 278 g/mol. The van der Waals surface area contributed by atoms with Crippen molar-refractivity contribution in [3.8, 4) is 17.6 Å². The first-order valence-corrected chi connectivity index (χ1v) is 6.16. The number of nitrogens with zero attached hydrogens (tertiary/aromatic N) is 4. The van der Waals surface area contributed by atoms with Crippen LogP contribution >= 0.6 is 0 Å². The van der Waals surface area contributed by atoms with E-state index in [1.807, 2.05) is 17.7 Å². The van der Waals surface area contributed by atoms with Gasteiger partial charge in [-0.05, 0) is 30.3 Å². The first-order valence-electron chi connectivity index (χ1n) is 6.16. The molecule has 6 nitrogen and oxygen atoms in total. The summed E-state index contributed by atoms with van der Waals surface area (Å²) in [6.45, 7) is 0. The number of aromatic carboxylic acids is 1. The number of pyridine rings is 1. The maximum atomic E-state index is 11.0. The van der Waals surface area contributed by atoms with Crippen molar-refractivity contribution in [1.29, 1.82) is 5.26 Å². The van der Waals surface area contributed by atoms with E-state index in [1.165, 1.54) is 12.3 Å². The molecular formula is C15H10N4O2. The number of carbonyl (C=O) groups is 1. The average Bonchev–Trinajstić information content (AvgIpc) is 2.84. The predicted molar refractivity (Wildman–Crippen MR) is 75.6 cm³/mol. The molecule has 1 aromatic carbocycles. The van der Waals surface area contributed by atoms with Gasteiger partial charge < -0.3 is 9.67 Å². The molecule has 3 rings (SSSR count). The van der Waals surface area contributed by atoms with Crippen LogP contribution in [0.5, 0.6) is 0 Å². The molecule has 0 amide bonds. The standard InChI is InChI=1S/C15H10N4O2/c1-19-13-5-3-10(15(20)21)6-12(13)18-14(19)11-4-2-9(7-16)8-17-11/h2-6,8H,1H3,(H,20,21). The minimum absolute atomic E-state index is 0.194. The van der Waals surface area contributed by atoms with Crippen molar-refractivity contribution < 1.29 is 9.90 Å². The van der Waals surface area contributed by atoms with Crippen LogP contribution in [0.15, 0.2) is 36.5 Å². The van der Waals surface area contributed by atoms with Gasteiger partial charge in [0.2, 0.25) is 0 Å². The lowest BCUT2D eigenvalue weighted by atomic mass is 10.2. The minimum atomic E-state index is -0.986. The number of hydrogen-bond acceptors (Lipinski definition) is 4. The molecule has 102 valence electrons. The first kappa shape index (κ1) is 12.8. The summed E-state index contributed by atoms with van der Waals surface area (Å²) in [6, 6.07) is 10.2. The molecule has 0 fully saturated rings. The Labute approximate surface area is 119 Å². The van der Waals surface area contributed by atoms with E-state index in [9.17, 15) is 4.79 Å². The summed E-state index contributed by atoms with van der Waals surface area (Å²) < 4.78 is 1.84. The maximum Gasteiger partial charge on any atom is 0.335 e. The molecule has 0 radical (unpaired) electrons. The molecule has 0 atom stereocenters. The summed E-state index contributed by atoms with van der Waals surface area (Å²) in [5.41, 5.74) is 2.72. The van der Waals surface area contributed by atoms with Crippen molar-refractivity contribution in [3.63, 3.8) is 0 Å². The Morgan fingerprint density at radius 1 is 1.33 bits per heavy atom. The van der Waals surface area contributed by atoms with Crippen molar-refractivity contribution >= 4 is 17.0 Å². The van der Waals surface area contributed by atoms with Gasteiger partial charge in [-0.1, -0.05) is 0 Å². The Kier molecular flexibility index (Phi) is 2.88. The number of carboxylic acid groups (broad SMARTS) is 1. The molecule has 0 spiro atoms. The number of aromatic nitrogens is 3. The molecule has 0 aliphatic rings. The SMILES string of the molecule is Cn1c(-c2ccc(C#N)cn2)nc2cc(C(=O)O)ccc21. The second-order valence-electron chi connectivity index (χ2n) is 4.55. The Hall–Kier alpha value is -3.20. The normalized spacial score (nSPS) is 10.5. The number of aryl methyl sites for hydroxylation is 1. The highest BCUT2D eigenvalue weighted by atomic mass is 16.4. The molecule has 0 saturated heterocycles. The number of rotatable bonds is 2. The second-order valence-corrected chi connectivity index (χ2v) is 4.55. The number of nitriles is 1. The van der Waals surface area contributed by atoms with Crippen LogP contribution in [0.4, 0.5) is 0 Å². The third kappa shape index (κ3) is 2.11. The van der Waals surface area contributed by atoms with E-state index < -0.39 is 5.97 Å². The Morgan fingerprint density at radius 2 is 2.14 bits per heavy atom. The van der Waals surface area contributed by atoms with Gasteiger partial charge in [-0.3, -0.25) is 4.98 Å². The van der Waals surface area contributed by atoms with Crippen molar-refractivity contribution in [2.75, 3.05) is 0 Å². The molecule has 2 heterocycles. The topological polar surface area (TPSA) is 91.8 Å². The highest BCUT2D eigenvalue weighted by Crippen LogP contribution is 2.23. The monoisotopic (exact) mass is 278 g/mol. The summed E-state index contributed by atoms with van der Waals surface area (Å²) >= 11 is 0. The van der Waals surface area contributed by atoms with Crippen molar-refractivity contribution in [3.05, 3.63) is 47.7 Å². The fourth-order valence-corrected chi connectivity index (χ4v) is 2.15. The Morgan fingerprint density at radius 3 is 2.76 bits per heavy atom. The van der Waals surface area contributed by atoms with Crippen LogP contribution in [-0.4, -0.2) is 25.6 Å². The van der Waals surface area contributed by atoms with Crippen molar-refractivity contribution in [2.24, 2.45) is 7.05 Å². The van der Waals surface area contributed by atoms with Crippen LogP contribution in [-0.2, 0) is 7.05 Å². The van der Waals surface area contributed by atoms with Crippen LogP contribution in [0.1, 0.15) is 15.9 Å². The fourth-order valence-electron chi connectivity index (χ4n) is 2.15. The fraction of sp³-hybridized carbons (Fsp3) is 0.0667. The third-order valence-electron chi connectivity index (χ3n) is 3.25. The zero-order valence-corrected chi connectivity index (χ0v) is 11.1. The molecule has 0 saturated carbocycles. The van der Waals surface area contributed by atoms with E-state index in [-0.39, 0.29) is 5.56 Å². The van der Waals surface area contributed by atoms with Crippen LogP contribution in [0.3, 0.4) is 0 Å². The third-order valence-corrected chi connectivity index (χ3v) is 3.25. The molecule has 21 heavy (non-hydrogen) atoms. The van der Waals surface area contributed by atoms with Crippen LogP contribution in [0.2, 0.25) is 0 Å². The molecular weight excluding hydrogens is 268 g/mol. The van der Waals surface area contributed by atoms with E-state index >= 15 is 0 Å². The highest BCUT2D eigenvalue weighted by Gasteiger charge is 2.13. The largest absolute Gasteiger partial charge is 0.478 e. The van der Waals surface area contributed by atoms with Gasteiger partial charge in [0, 0.05) is 13.2 Å². The minimum Gasteiger partial charge on any atom is -0.478 e. The van der Waals surface area contributed by atoms with Crippen LogP contribution < -0.4 is 0 Å². The van der Waals surface area contributed by atoms with Gasteiger partial charge in [-0.25, -0.2) is 9.78 Å². The Balaban J connectivity index is 2.16. The number of carboxylic acids is 1. The summed E-state index contributed by atoms with van der Waals surface area (Å²) in [4.78, 5) is 19.6. The molecule has 1 N–H and O–H groups in total. The van der Waals surface area contributed by atoms with Gasteiger partial charge >= 0.3 is 5.97 Å². The molecule has 0 unspecified atom stereocenters. The van der Waals surface area contributed by atoms with Gasteiger partial charge in [-0.2, -0.15) is 5.26 Å². The van der Waals surface area contributed by atoms with Crippen molar-refractivity contribution in [1.82, 2.24) is 14.5 Å². The summed E-state index contributed by atoms with van der Waals surface area (Å²) in [5.74, 6) is -0.363. The molecule has 0 aliphatic carbocycles. The Bertz CT molecular complexity index is 888. The zero-order chi connectivity index (χ0) is 15.0. The van der Waals surface area contributed by atoms with E-state index in [0.29, 0.717) is 22.6 Å². The predicted octanol–water partition coefficient (Wildman–Crippen LogP) is 2.21. The lowest BCUT2D eigenvalue weighted by Crippen LogP contribution is -1.96. The second kappa shape index (κ2) is 4.72. The first-order chi connectivity index (χ1) is 10.1. The van der Waals surface area contributed by atoms with E-state index in [1.54, 1.807) is 24.3 Å². The number of benzene rings is 1. The quantitative estimate of drug-likeness (QED) is 0.775. The van der Waals surface area contributed by atoms with Crippen LogP contribution in [0.25, 0.3) is 22.6 Å². The van der Waals surface area contributed by atoms with E-state index in [4.69, 9.17) is 10.4 Å². The smallest absolute Gasteiger partial charge is 0.335 e. The van der Waals surface area contributed by atoms with Crippen LogP contribution in [0, 0.1) is 11.3 Å². The number of hydrogen-bond donors (Lipinski definition) is 1. The molecule has 2 aromatic heterocycles. The maximum absolute atomic E-state index is 11.0. The summed E-state index contributed by atoms with van der Waals surface area (Å²) in [7, 11) is 1.84. The summed E-state index contributed by atoms with van der Waals surface area (Å²) in [5, 5.41) is 17.8. The van der Waals surface area contributed by atoms with E-state index in [0.717, 1.165) is 5.52 Å². The van der Waals surface area contributed by atoms with Crippen molar-refractivity contribution in [2.45, 2.75) is 0 Å². The molecule has 6 heteroatoms.